The summed E-state index contributed by atoms with van der Waals surface area (Å²) in [6.07, 6.45) is 0.823. The van der Waals surface area contributed by atoms with Crippen molar-refractivity contribution in [3.8, 4) is 0 Å². The van der Waals surface area contributed by atoms with Crippen molar-refractivity contribution in [2.24, 2.45) is 0 Å². The lowest BCUT2D eigenvalue weighted by Gasteiger charge is -2.07. The molecule has 1 aromatic carbocycles. The molecule has 0 heterocycles. The Morgan fingerprint density at radius 3 is 2.78 bits per heavy atom. The zero-order chi connectivity index (χ0) is 13.4. The molecule has 0 unspecified atom stereocenters. The lowest BCUT2D eigenvalue weighted by atomic mass is 10.2. The number of aromatic carboxylic acids is 1. The highest BCUT2D eigenvalue weighted by atomic mass is 79.9. The average Bonchev–Trinajstić information content (AvgIpc) is 2.33. The summed E-state index contributed by atoms with van der Waals surface area (Å²) in [5.74, 6) is 0.978. The van der Waals surface area contributed by atoms with Crippen molar-refractivity contribution in [2.45, 2.75) is 6.42 Å². The lowest BCUT2D eigenvalue weighted by molar-refractivity contribution is 0.0696. The number of hydrogen-bond donors (Lipinski definition) is 3. The second-order valence-corrected chi connectivity index (χ2v) is 5.70. The third-order valence-electron chi connectivity index (χ3n) is 2.22. The van der Waals surface area contributed by atoms with Crippen molar-refractivity contribution < 1.29 is 15.0 Å². The summed E-state index contributed by atoms with van der Waals surface area (Å²) in [6, 6.07) is 5.10. The molecule has 0 saturated carbocycles. The number of halogens is 1. The number of aliphatic hydroxyl groups excluding tert-OH is 1. The summed E-state index contributed by atoms with van der Waals surface area (Å²) < 4.78 is 0.577. The van der Waals surface area contributed by atoms with Crippen LogP contribution in [-0.2, 0) is 0 Å². The molecule has 0 atom stereocenters. The molecule has 0 saturated heterocycles. The molecular weight excluding hydrogens is 318 g/mol. The first-order valence-corrected chi connectivity index (χ1v) is 7.55. The van der Waals surface area contributed by atoms with E-state index in [1.54, 1.807) is 30.0 Å². The maximum absolute atomic E-state index is 10.8. The fourth-order valence-corrected chi connectivity index (χ4v) is 2.67. The Kier molecular flexibility index (Phi) is 7.15. The number of carboxylic acids is 1. The maximum atomic E-state index is 10.8. The summed E-state index contributed by atoms with van der Waals surface area (Å²) in [5.41, 5.74) is 1.16. The number of rotatable bonds is 8. The van der Waals surface area contributed by atoms with Gasteiger partial charge in [-0.25, -0.2) is 4.79 Å². The van der Waals surface area contributed by atoms with Gasteiger partial charge in [0.1, 0.15) is 0 Å². The van der Waals surface area contributed by atoms with E-state index in [0.717, 1.165) is 30.2 Å². The highest BCUT2D eigenvalue weighted by molar-refractivity contribution is 9.10. The molecular formula is C12H16BrNO3S. The topological polar surface area (TPSA) is 69.6 Å². The molecule has 0 fully saturated rings. The molecule has 0 amide bonds. The second kappa shape index (κ2) is 8.39. The van der Waals surface area contributed by atoms with Gasteiger partial charge < -0.3 is 15.5 Å². The minimum atomic E-state index is -0.937. The quantitative estimate of drug-likeness (QED) is 0.638. The van der Waals surface area contributed by atoms with Crippen LogP contribution in [0.3, 0.4) is 0 Å². The molecule has 0 aromatic heterocycles. The van der Waals surface area contributed by atoms with Gasteiger partial charge in [0.05, 0.1) is 5.56 Å². The minimum absolute atomic E-state index is 0.240. The Bertz CT molecular complexity index is 401. The Morgan fingerprint density at radius 1 is 1.39 bits per heavy atom. The first-order valence-electron chi connectivity index (χ1n) is 5.60. The summed E-state index contributed by atoms with van der Waals surface area (Å²) in [6.45, 7) is 1.05. The van der Waals surface area contributed by atoms with Crippen LogP contribution >= 0.6 is 27.7 Å². The van der Waals surface area contributed by atoms with Crippen LogP contribution in [0.1, 0.15) is 16.8 Å². The maximum Gasteiger partial charge on any atom is 0.336 e. The monoisotopic (exact) mass is 333 g/mol. The summed E-state index contributed by atoms with van der Waals surface area (Å²) >= 11 is 5.02. The van der Waals surface area contributed by atoms with E-state index in [0.29, 0.717) is 4.47 Å². The van der Waals surface area contributed by atoms with E-state index in [1.165, 1.54) is 0 Å². The predicted octanol–water partition coefficient (Wildman–Crippen LogP) is 2.67. The van der Waals surface area contributed by atoms with Crippen molar-refractivity contribution in [3.05, 3.63) is 28.2 Å². The van der Waals surface area contributed by atoms with Gasteiger partial charge in [0, 0.05) is 29.1 Å². The first kappa shape index (κ1) is 15.3. The van der Waals surface area contributed by atoms with Crippen LogP contribution in [0.2, 0.25) is 0 Å². The highest BCUT2D eigenvalue weighted by Gasteiger charge is 2.07. The molecule has 100 valence electrons. The SMILES string of the molecule is O=C(O)c1ccc(NCCSCCCO)cc1Br. The first-order chi connectivity index (χ1) is 8.65. The van der Waals surface area contributed by atoms with Crippen LogP contribution in [0, 0.1) is 0 Å². The third-order valence-corrected chi connectivity index (χ3v) is 3.95. The van der Waals surface area contributed by atoms with E-state index >= 15 is 0 Å². The van der Waals surface area contributed by atoms with E-state index in [4.69, 9.17) is 10.2 Å². The normalized spacial score (nSPS) is 10.3. The van der Waals surface area contributed by atoms with Crippen molar-refractivity contribution in [1.82, 2.24) is 0 Å². The lowest BCUT2D eigenvalue weighted by Crippen LogP contribution is -2.05. The van der Waals surface area contributed by atoms with Gasteiger partial charge in [0.15, 0.2) is 0 Å². The zero-order valence-corrected chi connectivity index (χ0v) is 12.3. The van der Waals surface area contributed by atoms with Gasteiger partial charge in [-0.2, -0.15) is 11.8 Å². The van der Waals surface area contributed by atoms with Crippen LogP contribution in [-0.4, -0.2) is 40.8 Å². The van der Waals surface area contributed by atoms with E-state index in [9.17, 15) is 4.79 Å². The fraction of sp³-hybridized carbons (Fsp3) is 0.417. The number of nitrogens with one attached hydrogen (secondary N) is 1. The van der Waals surface area contributed by atoms with Crippen LogP contribution in [0.5, 0.6) is 0 Å². The van der Waals surface area contributed by atoms with Gasteiger partial charge in [0.25, 0.3) is 0 Å². The molecule has 0 spiro atoms. The minimum Gasteiger partial charge on any atom is -0.478 e. The molecule has 0 bridgehead atoms. The zero-order valence-electron chi connectivity index (χ0n) is 9.86. The number of hydrogen-bond acceptors (Lipinski definition) is 4. The van der Waals surface area contributed by atoms with Gasteiger partial charge in [-0.05, 0) is 46.3 Å². The second-order valence-electron chi connectivity index (χ2n) is 3.62. The number of benzene rings is 1. The van der Waals surface area contributed by atoms with Gasteiger partial charge in [-0.1, -0.05) is 0 Å². The van der Waals surface area contributed by atoms with Crippen molar-refractivity contribution in [3.63, 3.8) is 0 Å². The summed E-state index contributed by atoms with van der Waals surface area (Å²) in [4.78, 5) is 10.8. The molecule has 18 heavy (non-hydrogen) atoms. The molecule has 0 radical (unpaired) electrons. The molecule has 0 aliphatic carbocycles. The Labute approximate surface area is 119 Å². The van der Waals surface area contributed by atoms with Crippen LogP contribution in [0.25, 0.3) is 0 Å². The number of thioether (sulfide) groups is 1. The number of carbonyl (C=O) groups is 1. The van der Waals surface area contributed by atoms with Gasteiger partial charge >= 0.3 is 5.97 Å². The van der Waals surface area contributed by atoms with Gasteiger partial charge in [-0.15, -0.1) is 0 Å². The fourth-order valence-electron chi connectivity index (χ4n) is 1.33. The van der Waals surface area contributed by atoms with E-state index in [2.05, 4.69) is 21.2 Å². The van der Waals surface area contributed by atoms with E-state index < -0.39 is 5.97 Å². The predicted molar refractivity (Wildman–Crippen MR) is 78.6 cm³/mol. The third kappa shape index (κ3) is 5.29. The Balaban J connectivity index is 2.35. The number of aliphatic hydroxyl groups is 1. The molecule has 4 nitrogen and oxygen atoms in total. The number of anilines is 1. The largest absolute Gasteiger partial charge is 0.478 e. The molecule has 6 heteroatoms. The highest BCUT2D eigenvalue weighted by Crippen LogP contribution is 2.21. The molecule has 1 aromatic rings. The standard InChI is InChI=1S/C12H16BrNO3S/c13-11-8-9(2-3-10(11)12(16)17)14-4-7-18-6-1-5-15/h2-3,8,14-15H,1,4-7H2,(H,16,17). The number of carboxylic acid groups (broad SMARTS) is 1. The van der Waals surface area contributed by atoms with Crippen LogP contribution < -0.4 is 5.32 Å². The van der Waals surface area contributed by atoms with Crippen molar-refractivity contribution in [1.29, 1.82) is 0 Å². The van der Waals surface area contributed by atoms with Gasteiger partial charge in [-0.3, -0.25) is 0 Å². The average molecular weight is 334 g/mol. The molecule has 0 aliphatic heterocycles. The molecule has 3 N–H and O–H groups in total. The summed E-state index contributed by atoms with van der Waals surface area (Å²) in [5, 5.41) is 20.7. The van der Waals surface area contributed by atoms with Crippen LogP contribution in [0.4, 0.5) is 5.69 Å². The van der Waals surface area contributed by atoms with E-state index in [-0.39, 0.29) is 12.2 Å². The smallest absolute Gasteiger partial charge is 0.336 e. The van der Waals surface area contributed by atoms with Crippen molar-refractivity contribution in [2.75, 3.05) is 30.0 Å². The van der Waals surface area contributed by atoms with Crippen LogP contribution in [0.15, 0.2) is 22.7 Å². The molecule has 1 rings (SSSR count). The Morgan fingerprint density at radius 2 is 2.17 bits per heavy atom. The Hall–Kier alpha value is -0.720. The van der Waals surface area contributed by atoms with Crippen molar-refractivity contribution >= 4 is 39.3 Å². The molecule has 0 aliphatic rings. The summed E-state index contributed by atoms with van der Waals surface area (Å²) in [7, 11) is 0. The van der Waals surface area contributed by atoms with Gasteiger partial charge in [0.2, 0.25) is 0 Å². The van der Waals surface area contributed by atoms with E-state index in [1.807, 2.05) is 0 Å².